The molecule has 0 fully saturated rings. The molecular formula is C22H19ClN2O3. The van der Waals surface area contributed by atoms with Crippen molar-refractivity contribution < 1.29 is 14.3 Å². The number of nitrogens with one attached hydrogen (secondary N) is 1. The Bertz CT molecular complexity index is 962. The normalized spacial score (nSPS) is 11.5. The Balaban J connectivity index is 1.87. The Hall–Kier alpha value is -3.18. The first kappa shape index (κ1) is 19.6. The van der Waals surface area contributed by atoms with Gasteiger partial charge >= 0.3 is 5.97 Å². The molecule has 5 nitrogen and oxygen atoms in total. The number of halogens is 1. The molecule has 0 radical (unpaired) electrons. The zero-order valence-corrected chi connectivity index (χ0v) is 16.0. The Morgan fingerprint density at radius 3 is 2.50 bits per heavy atom. The van der Waals surface area contributed by atoms with Crippen LogP contribution in [0.3, 0.4) is 0 Å². The van der Waals surface area contributed by atoms with E-state index in [-0.39, 0.29) is 16.5 Å². The Kier molecular flexibility index (Phi) is 6.40. The average molecular weight is 395 g/mol. The van der Waals surface area contributed by atoms with Crippen LogP contribution in [0.5, 0.6) is 0 Å². The lowest BCUT2D eigenvalue weighted by Crippen LogP contribution is -2.23. The molecule has 3 aromatic rings. The fourth-order valence-corrected chi connectivity index (χ4v) is 3.07. The SMILES string of the molecule is COC(=O)c1cc(NC(=O)C(Cc2ccccn2)c2ccccc2)ccc1Cl. The zero-order valence-electron chi connectivity index (χ0n) is 15.3. The number of rotatable bonds is 6. The second-order valence-corrected chi connectivity index (χ2v) is 6.57. The number of amides is 1. The van der Waals surface area contributed by atoms with Gasteiger partial charge in [0.15, 0.2) is 0 Å². The van der Waals surface area contributed by atoms with E-state index in [1.807, 2.05) is 48.5 Å². The van der Waals surface area contributed by atoms with Crippen LogP contribution in [0.1, 0.15) is 27.5 Å². The standard InChI is InChI=1S/C22H19ClN2O3/c1-28-22(27)19-14-17(10-11-20(19)23)25-21(26)18(15-7-3-2-4-8-15)13-16-9-5-6-12-24-16/h2-12,14,18H,13H2,1H3,(H,25,26). The third kappa shape index (κ3) is 4.75. The van der Waals surface area contributed by atoms with E-state index in [1.54, 1.807) is 18.3 Å². The van der Waals surface area contributed by atoms with E-state index in [4.69, 9.17) is 16.3 Å². The van der Waals surface area contributed by atoms with Gasteiger partial charge in [0.1, 0.15) is 0 Å². The van der Waals surface area contributed by atoms with Gasteiger partial charge in [0.2, 0.25) is 5.91 Å². The van der Waals surface area contributed by atoms with Gasteiger partial charge in [0, 0.05) is 24.0 Å². The second-order valence-electron chi connectivity index (χ2n) is 6.16. The van der Waals surface area contributed by atoms with Gasteiger partial charge in [-0.3, -0.25) is 9.78 Å². The molecule has 0 saturated heterocycles. The molecule has 0 spiro atoms. The third-order valence-electron chi connectivity index (χ3n) is 4.30. The first-order valence-electron chi connectivity index (χ1n) is 8.72. The van der Waals surface area contributed by atoms with Crippen LogP contribution in [0.25, 0.3) is 0 Å². The number of benzene rings is 2. The summed E-state index contributed by atoms with van der Waals surface area (Å²) >= 11 is 6.05. The van der Waals surface area contributed by atoms with Crippen LogP contribution in [0.4, 0.5) is 5.69 Å². The summed E-state index contributed by atoms with van der Waals surface area (Å²) in [5.41, 5.74) is 2.37. The van der Waals surface area contributed by atoms with Gasteiger partial charge in [-0.1, -0.05) is 48.0 Å². The number of nitrogens with zero attached hydrogens (tertiary/aromatic N) is 1. The minimum absolute atomic E-state index is 0.197. The number of carbonyl (C=O) groups is 2. The van der Waals surface area contributed by atoms with Crippen LogP contribution in [-0.4, -0.2) is 24.0 Å². The molecule has 1 N–H and O–H groups in total. The van der Waals surface area contributed by atoms with Gasteiger partial charge in [0.05, 0.1) is 23.6 Å². The highest BCUT2D eigenvalue weighted by atomic mass is 35.5. The van der Waals surface area contributed by atoms with Crippen LogP contribution in [0.2, 0.25) is 5.02 Å². The quantitative estimate of drug-likeness (QED) is 0.625. The summed E-state index contributed by atoms with van der Waals surface area (Å²) in [6.45, 7) is 0. The molecule has 0 saturated carbocycles. The van der Waals surface area contributed by atoms with Crippen molar-refractivity contribution in [3.63, 3.8) is 0 Å². The summed E-state index contributed by atoms with van der Waals surface area (Å²) in [6.07, 6.45) is 2.16. The largest absolute Gasteiger partial charge is 0.465 e. The monoisotopic (exact) mass is 394 g/mol. The molecular weight excluding hydrogens is 376 g/mol. The third-order valence-corrected chi connectivity index (χ3v) is 4.63. The van der Waals surface area contributed by atoms with Crippen molar-refractivity contribution in [3.05, 3.63) is 94.8 Å². The van der Waals surface area contributed by atoms with Crippen LogP contribution >= 0.6 is 11.6 Å². The van der Waals surface area contributed by atoms with Crippen LogP contribution in [-0.2, 0) is 16.0 Å². The van der Waals surface area contributed by atoms with Crippen molar-refractivity contribution in [2.75, 3.05) is 12.4 Å². The first-order valence-corrected chi connectivity index (χ1v) is 9.10. The van der Waals surface area contributed by atoms with Gasteiger partial charge in [-0.2, -0.15) is 0 Å². The first-order chi connectivity index (χ1) is 13.6. The van der Waals surface area contributed by atoms with Crippen molar-refractivity contribution in [3.8, 4) is 0 Å². The molecule has 2 aromatic carbocycles. The maximum Gasteiger partial charge on any atom is 0.339 e. The molecule has 1 aromatic heterocycles. The molecule has 0 aliphatic carbocycles. The van der Waals surface area contributed by atoms with E-state index < -0.39 is 11.9 Å². The summed E-state index contributed by atoms with van der Waals surface area (Å²) in [4.78, 5) is 29.2. The molecule has 1 heterocycles. The number of methoxy groups -OCH3 is 1. The highest BCUT2D eigenvalue weighted by molar-refractivity contribution is 6.33. The maximum atomic E-state index is 13.1. The second kappa shape index (κ2) is 9.15. The maximum absolute atomic E-state index is 13.1. The van der Waals surface area contributed by atoms with Gasteiger partial charge < -0.3 is 10.1 Å². The van der Waals surface area contributed by atoms with Crippen molar-refractivity contribution in [2.45, 2.75) is 12.3 Å². The van der Waals surface area contributed by atoms with E-state index in [0.717, 1.165) is 11.3 Å². The van der Waals surface area contributed by atoms with Crippen LogP contribution < -0.4 is 5.32 Å². The molecule has 1 atom stereocenters. The number of esters is 1. The zero-order chi connectivity index (χ0) is 19.9. The summed E-state index contributed by atoms with van der Waals surface area (Å²) in [7, 11) is 1.28. The highest BCUT2D eigenvalue weighted by Gasteiger charge is 2.22. The smallest absolute Gasteiger partial charge is 0.339 e. The topological polar surface area (TPSA) is 68.3 Å². The van der Waals surface area contributed by atoms with Crippen molar-refractivity contribution in [2.24, 2.45) is 0 Å². The fourth-order valence-electron chi connectivity index (χ4n) is 2.87. The van der Waals surface area contributed by atoms with E-state index in [1.165, 1.54) is 13.2 Å². The molecule has 3 rings (SSSR count). The molecule has 0 aliphatic heterocycles. The number of hydrogen-bond donors (Lipinski definition) is 1. The van der Waals surface area contributed by atoms with E-state index >= 15 is 0 Å². The molecule has 0 bridgehead atoms. The fraction of sp³-hybridized carbons (Fsp3) is 0.136. The molecule has 1 amide bonds. The van der Waals surface area contributed by atoms with E-state index in [2.05, 4.69) is 10.3 Å². The minimum Gasteiger partial charge on any atom is -0.465 e. The lowest BCUT2D eigenvalue weighted by molar-refractivity contribution is -0.117. The van der Waals surface area contributed by atoms with Gasteiger partial charge in [-0.15, -0.1) is 0 Å². The minimum atomic E-state index is -0.561. The lowest BCUT2D eigenvalue weighted by atomic mass is 9.93. The molecule has 1 unspecified atom stereocenters. The highest BCUT2D eigenvalue weighted by Crippen LogP contribution is 2.25. The van der Waals surface area contributed by atoms with E-state index in [9.17, 15) is 9.59 Å². The molecule has 6 heteroatoms. The van der Waals surface area contributed by atoms with Crippen molar-refractivity contribution in [1.82, 2.24) is 4.98 Å². The van der Waals surface area contributed by atoms with Crippen LogP contribution in [0.15, 0.2) is 72.9 Å². The molecule has 142 valence electrons. The van der Waals surface area contributed by atoms with Gasteiger partial charge in [-0.05, 0) is 35.9 Å². The van der Waals surface area contributed by atoms with Crippen LogP contribution in [0, 0.1) is 0 Å². The number of ether oxygens (including phenoxy) is 1. The number of pyridine rings is 1. The van der Waals surface area contributed by atoms with Gasteiger partial charge in [-0.25, -0.2) is 4.79 Å². The molecule has 0 aliphatic rings. The predicted molar refractivity (Wildman–Crippen MR) is 109 cm³/mol. The summed E-state index contributed by atoms with van der Waals surface area (Å²) in [5, 5.41) is 3.14. The predicted octanol–water partition coefficient (Wildman–Crippen LogP) is 4.49. The number of aromatic nitrogens is 1. The van der Waals surface area contributed by atoms with E-state index in [0.29, 0.717) is 12.1 Å². The Labute approximate surface area is 168 Å². The summed E-state index contributed by atoms with van der Waals surface area (Å²) in [5.74, 6) is -1.20. The average Bonchev–Trinajstić information content (AvgIpc) is 2.74. The lowest BCUT2D eigenvalue weighted by Gasteiger charge is -2.17. The number of hydrogen-bond acceptors (Lipinski definition) is 4. The summed E-state index contributed by atoms with van der Waals surface area (Å²) in [6, 6.07) is 19.8. The number of carbonyl (C=O) groups excluding carboxylic acids is 2. The van der Waals surface area contributed by atoms with Crippen molar-refractivity contribution in [1.29, 1.82) is 0 Å². The Morgan fingerprint density at radius 2 is 1.82 bits per heavy atom. The summed E-state index contributed by atoms with van der Waals surface area (Å²) < 4.78 is 4.73. The Morgan fingerprint density at radius 1 is 1.07 bits per heavy atom. The molecule has 28 heavy (non-hydrogen) atoms. The number of anilines is 1. The van der Waals surface area contributed by atoms with Gasteiger partial charge in [0.25, 0.3) is 0 Å². The van der Waals surface area contributed by atoms with Crippen molar-refractivity contribution >= 4 is 29.2 Å².